The standard InChI is InChI=1S/C9H14N2O2/c1-3-11-6-7(10)5-8(11)9(12)13-4-2/h5-6H,3-4,10H2,1-2H3. The minimum Gasteiger partial charge on any atom is -0.461 e. The van der Waals surface area contributed by atoms with Crippen molar-refractivity contribution in [1.82, 2.24) is 4.57 Å². The van der Waals surface area contributed by atoms with E-state index in [9.17, 15) is 4.79 Å². The Hall–Kier alpha value is -1.45. The van der Waals surface area contributed by atoms with E-state index in [1.165, 1.54) is 0 Å². The molecule has 1 rings (SSSR count). The number of esters is 1. The number of nitrogens with zero attached hydrogens (tertiary/aromatic N) is 1. The van der Waals surface area contributed by atoms with Crippen LogP contribution >= 0.6 is 0 Å². The number of carbonyl (C=O) groups is 1. The van der Waals surface area contributed by atoms with Crippen LogP contribution < -0.4 is 5.73 Å². The van der Waals surface area contributed by atoms with Crippen molar-refractivity contribution in [2.45, 2.75) is 20.4 Å². The molecule has 0 bridgehead atoms. The van der Waals surface area contributed by atoms with Crippen LogP contribution in [0.4, 0.5) is 5.69 Å². The van der Waals surface area contributed by atoms with Gasteiger partial charge in [0.2, 0.25) is 0 Å². The summed E-state index contributed by atoms with van der Waals surface area (Å²) in [4.78, 5) is 11.3. The van der Waals surface area contributed by atoms with Gasteiger partial charge in [0.15, 0.2) is 0 Å². The smallest absolute Gasteiger partial charge is 0.355 e. The first-order chi connectivity index (χ1) is 6.19. The van der Waals surface area contributed by atoms with E-state index in [0.717, 1.165) is 0 Å². The van der Waals surface area contributed by atoms with Crippen LogP contribution in [0, 0.1) is 0 Å². The molecule has 0 unspecified atom stereocenters. The average molecular weight is 182 g/mol. The van der Waals surface area contributed by atoms with Gasteiger partial charge in [-0.3, -0.25) is 0 Å². The van der Waals surface area contributed by atoms with Crippen LogP contribution in [0.2, 0.25) is 0 Å². The van der Waals surface area contributed by atoms with Crippen LogP contribution in [0.15, 0.2) is 12.3 Å². The van der Waals surface area contributed by atoms with Crippen LogP contribution in [-0.2, 0) is 11.3 Å². The second kappa shape index (κ2) is 3.98. The normalized spacial score (nSPS) is 10.0. The summed E-state index contributed by atoms with van der Waals surface area (Å²) in [6, 6.07) is 1.63. The van der Waals surface area contributed by atoms with Gasteiger partial charge in [0.25, 0.3) is 0 Å². The fraction of sp³-hybridized carbons (Fsp3) is 0.444. The highest BCUT2D eigenvalue weighted by Crippen LogP contribution is 2.11. The highest BCUT2D eigenvalue weighted by atomic mass is 16.5. The van der Waals surface area contributed by atoms with Gasteiger partial charge in [0.05, 0.1) is 12.3 Å². The molecule has 72 valence electrons. The number of nitrogens with two attached hydrogens (primary N) is 1. The molecule has 0 amide bonds. The number of ether oxygens (including phenoxy) is 1. The maximum Gasteiger partial charge on any atom is 0.355 e. The number of nitrogen functional groups attached to an aromatic ring is 1. The third kappa shape index (κ3) is 2.02. The molecule has 0 saturated heterocycles. The first kappa shape index (κ1) is 9.64. The lowest BCUT2D eigenvalue weighted by atomic mass is 10.4. The van der Waals surface area contributed by atoms with Gasteiger partial charge < -0.3 is 15.0 Å². The Balaban J connectivity index is 2.91. The van der Waals surface area contributed by atoms with E-state index in [-0.39, 0.29) is 5.97 Å². The van der Waals surface area contributed by atoms with Crippen molar-refractivity contribution < 1.29 is 9.53 Å². The van der Waals surface area contributed by atoms with Crippen molar-refractivity contribution >= 4 is 11.7 Å². The molecule has 2 N–H and O–H groups in total. The van der Waals surface area contributed by atoms with Crippen molar-refractivity contribution in [3.8, 4) is 0 Å². The zero-order valence-electron chi connectivity index (χ0n) is 7.91. The summed E-state index contributed by atoms with van der Waals surface area (Å²) in [7, 11) is 0. The number of carbonyl (C=O) groups excluding carboxylic acids is 1. The average Bonchev–Trinajstić information content (AvgIpc) is 2.47. The van der Waals surface area contributed by atoms with Gasteiger partial charge in [-0.1, -0.05) is 0 Å². The number of hydrogen-bond acceptors (Lipinski definition) is 3. The molecule has 0 saturated carbocycles. The van der Waals surface area contributed by atoms with Crippen LogP contribution in [0.3, 0.4) is 0 Å². The van der Waals surface area contributed by atoms with Crippen LogP contribution in [0.5, 0.6) is 0 Å². The molecule has 0 atom stereocenters. The summed E-state index contributed by atoms with van der Waals surface area (Å²) in [5, 5.41) is 0. The molecule has 1 aromatic heterocycles. The lowest BCUT2D eigenvalue weighted by molar-refractivity contribution is 0.0514. The fourth-order valence-corrected chi connectivity index (χ4v) is 1.17. The predicted octanol–water partition coefficient (Wildman–Crippen LogP) is 1.27. The maximum atomic E-state index is 11.3. The third-order valence-corrected chi connectivity index (χ3v) is 1.74. The van der Waals surface area contributed by atoms with E-state index in [2.05, 4.69) is 0 Å². The number of rotatable bonds is 3. The molecule has 0 spiro atoms. The molecule has 0 aliphatic carbocycles. The second-order valence-corrected chi connectivity index (χ2v) is 2.67. The molecule has 0 aliphatic heterocycles. The van der Waals surface area contributed by atoms with Gasteiger partial charge in [-0.15, -0.1) is 0 Å². The Morgan fingerprint density at radius 2 is 2.31 bits per heavy atom. The Labute approximate surface area is 77.3 Å². The quantitative estimate of drug-likeness (QED) is 0.716. The SMILES string of the molecule is CCOC(=O)c1cc(N)cn1CC. The van der Waals surface area contributed by atoms with Crippen LogP contribution in [0.25, 0.3) is 0 Å². The number of aromatic nitrogens is 1. The summed E-state index contributed by atoms with van der Waals surface area (Å²) in [6.45, 7) is 4.82. The first-order valence-electron chi connectivity index (χ1n) is 4.31. The largest absolute Gasteiger partial charge is 0.461 e. The van der Waals surface area contributed by atoms with Crippen LogP contribution in [-0.4, -0.2) is 17.1 Å². The van der Waals surface area contributed by atoms with Crippen molar-refractivity contribution in [1.29, 1.82) is 0 Å². The van der Waals surface area contributed by atoms with Crippen molar-refractivity contribution in [2.24, 2.45) is 0 Å². The van der Waals surface area contributed by atoms with E-state index >= 15 is 0 Å². The molecule has 1 aromatic rings. The lowest BCUT2D eigenvalue weighted by Gasteiger charge is -2.04. The monoisotopic (exact) mass is 182 g/mol. The predicted molar refractivity (Wildman–Crippen MR) is 50.5 cm³/mol. The zero-order valence-corrected chi connectivity index (χ0v) is 7.91. The molecular formula is C9H14N2O2. The Morgan fingerprint density at radius 1 is 1.62 bits per heavy atom. The lowest BCUT2D eigenvalue weighted by Crippen LogP contribution is -2.10. The minimum absolute atomic E-state index is 0.318. The van der Waals surface area contributed by atoms with Crippen molar-refractivity contribution in [3.05, 3.63) is 18.0 Å². The number of hydrogen-bond donors (Lipinski definition) is 1. The van der Waals surface area contributed by atoms with Crippen molar-refractivity contribution in [3.63, 3.8) is 0 Å². The van der Waals surface area contributed by atoms with E-state index in [1.54, 1.807) is 23.8 Å². The summed E-state index contributed by atoms with van der Waals surface area (Å²) in [5.41, 5.74) is 6.66. The fourth-order valence-electron chi connectivity index (χ4n) is 1.17. The van der Waals surface area contributed by atoms with E-state index < -0.39 is 0 Å². The van der Waals surface area contributed by atoms with E-state index in [0.29, 0.717) is 24.5 Å². The summed E-state index contributed by atoms with van der Waals surface area (Å²) >= 11 is 0. The maximum absolute atomic E-state index is 11.3. The topological polar surface area (TPSA) is 57.2 Å². The third-order valence-electron chi connectivity index (χ3n) is 1.74. The summed E-state index contributed by atoms with van der Waals surface area (Å²) in [5.74, 6) is -0.318. The molecule has 0 radical (unpaired) electrons. The molecule has 4 nitrogen and oxygen atoms in total. The molecule has 0 fully saturated rings. The Morgan fingerprint density at radius 3 is 2.85 bits per heavy atom. The van der Waals surface area contributed by atoms with Crippen molar-refractivity contribution in [2.75, 3.05) is 12.3 Å². The Kier molecular flexibility index (Phi) is 2.95. The van der Waals surface area contributed by atoms with E-state index in [4.69, 9.17) is 10.5 Å². The zero-order chi connectivity index (χ0) is 9.84. The summed E-state index contributed by atoms with van der Waals surface area (Å²) < 4.78 is 6.64. The highest BCUT2D eigenvalue weighted by molar-refractivity contribution is 5.89. The minimum atomic E-state index is -0.318. The Bertz CT molecular complexity index is 305. The molecule has 0 aromatic carbocycles. The number of aryl methyl sites for hydroxylation is 1. The first-order valence-corrected chi connectivity index (χ1v) is 4.31. The molecular weight excluding hydrogens is 168 g/mol. The molecule has 1 heterocycles. The second-order valence-electron chi connectivity index (χ2n) is 2.67. The van der Waals surface area contributed by atoms with Gasteiger partial charge in [0, 0.05) is 12.7 Å². The van der Waals surface area contributed by atoms with E-state index in [1.807, 2.05) is 6.92 Å². The van der Waals surface area contributed by atoms with Gasteiger partial charge in [0.1, 0.15) is 5.69 Å². The van der Waals surface area contributed by atoms with Gasteiger partial charge in [-0.2, -0.15) is 0 Å². The number of anilines is 1. The summed E-state index contributed by atoms with van der Waals surface area (Å²) in [6.07, 6.45) is 1.73. The van der Waals surface area contributed by atoms with Crippen LogP contribution in [0.1, 0.15) is 24.3 Å². The molecule has 13 heavy (non-hydrogen) atoms. The molecule has 4 heteroatoms. The van der Waals surface area contributed by atoms with Gasteiger partial charge in [-0.05, 0) is 19.9 Å². The van der Waals surface area contributed by atoms with Gasteiger partial charge >= 0.3 is 5.97 Å². The highest BCUT2D eigenvalue weighted by Gasteiger charge is 2.12. The molecule has 0 aliphatic rings. The van der Waals surface area contributed by atoms with Gasteiger partial charge in [-0.25, -0.2) is 4.79 Å².